The molecule has 10 nitrogen and oxygen atoms in total. The minimum Gasteiger partial charge on any atom is -0.469 e. The number of nitrogens with one attached hydrogen (secondary N) is 1. The van der Waals surface area contributed by atoms with Crippen LogP contribution in [0.15, 0.2) is 54.7 Å². The Morgan fingerprint density at radius 3 is 2.61 bits per heavy atom. The number of rotatable bonds is 7. The van der Waals surface area contributed by atoms with E-state index in [4.69, 9.17) is 5.73 Å². The summed E-state index contributed by atoms with van der Waals surface area (Å²) in [7, 11) is 1.27. The van der Waals surface area contributed by atoms with E-state index in [-0.39, 0.29) is 29.7 Å². The van der Waals surface area contributed by atoms with Gasteiger partial charge in [0.25, 0.3) is 0 Å². The summed E-state index contributed by atoms with van der Waals surface area (Å²) in [6.45, 7) is 1.61. The van der Waals surface area contributed by atoms with E-state index in [1.165, 1.54) is 19.2 Å². The molecule has 0 saturated carbocycles. The number of esters is 1. The number of aromatic nitrogens is 5. The van der Waals surface area contributed by atoms with Crippen molar-refractivity contribution in [2.24, 2.45) is 5.92 Å². The molecule has 2 aromatic heterocycles. The summed E-state index contributed by atoms with van der Waals surface area (Å²) in [5.41, 5.74) is 8.11. The lowest BCUT2D eigenvalue weighted by atomic mass is 10.0. The fraction of sp³-hybridized carbons (Fsp3) is 0.167. The lowest BCUT2D eigenvalue weighted by molar-refractivity contribution is -0.146. The molecule has 4 aromatic rings. The zero-order valence-electron chi connectivity index (χ0n) is 19.3. The van der Waals surface area contributed by atoms with Gasteiger partial charge in [0.15, 0.2) is 17.5 Å². The quantitative estimate of drug-likeness (QED) is 0.374. The molecule has 1 unspecified atom stereocenters. The van der Waals surface area contributed by atoms with Gasteiger partial charge >= 0.3 is 5.97 Å². The van der Waals surface area contributed by atoms with Crippen LogP contribution in [-0.4, -0.2) is 44.2 Å². The molecule has 2 aromatic carbocycles. The smallest absolute Gasteiger partial charge is 0.308 e. The Morgan fingerprint density at radius 2 is 1.89 bits per heavy atom. The Kier molecular flexibility index (Phi) is 6.95. The summed E-state index contributed by atoms with van der Waals surface area (Å²) < 4.78 is 33.8. The van der Waals surface area contributed by atoms with E-state index in [2.05, 4.69) is 30.6 Å². The number of anilines is 2. The maximum atomic E-state index is 14.4. The average Bonchev–Trinajstić information content (AvgIpc) is 3.35. The van der Waals surface area contributed by atoms with E-state index in [1.807, 2.05) is 0 Å². The number of tetrazole rings is 1. The van der Waals surface area contributed by atoms with Crippen LogP contribution >= 0.6 is 0 Å². The van der Waals surface area contributed by atoms with Crippen molar-refractivity contribution in [2.45, 2.75) is 13.3 Å². The summed E-state index contributed by atoms with van der Waals surface area (Å²) in [5.74, 6) is -3.32. The third-order valence-corrected chi connectivity index (χ3v) is 5.39. The van der Waals surface area contributed by atoms with Gasteiger partial charge in [-0.15, -0.1) is 5.10 Å². The number of hydrogen-bond acceptors (Lipinski definition) is 8. The van der Waals surface area contributed by atoms with Crippen molar-refractivity contribution in [1.82, 2.24) is 25.2 Å². The van der Waals surface area contributed by atoms with Gasteiger partial charge in [0, 0.05) is 23.9 Å². The number of nitrogens with zero attached hydrogens (tertiary/aromatic N) is 5. The molecule has 2 heterocycles. The number of benzene rings is 2. The van der Waals surface area contributed by atoms with Gasteiger partial charge < -0.3 is 15.8 Å². The molecular formula is C24H21F2N7O3. The van der Waals surface area contributed by atoms with Crippen LogP contribution in [0.3, 0.4) is 0 Å². The predicted octanol–water partition coefficient (Wildman–Crippen LogP) is 3.39. The molecule has 1 atom stereocenters. The van der Waals surface area contributed by atoms with Gasteiger partial charge in [-0.25, -0.2) is 13.8 Å². The largest absolute Gasteiger partial charge is 0.469 e. The summed E-state index contributed by atoms with van der Waals surface area (Å²) in [6.07, 6.45) is 1.53. The fourth-order valence-corrected chi connectivity index (χ4v) is 3.51. The molecule has 36 heavy (non-hydrogen) atoms. The minimum atomic E-state index is -1.10. The van der Waals surface area contributed by atoms with E-state index in [9.17, 15) is 18.4 Å². The summed E-state index contributed by atoms with van der Waals surface area (Å²) in [4.78, 5) is 27.9. The zero-order chi connectivity index (χ0) is 25.8. The highest BCUT2D eigenvalue weighted by Crippen LogP contribution is 2.30. The molecule has 4 rings (SSSR count). The van der Waals surface area contributed by atoms with Crippen LogP contribution in [0.25, 0.3) is 28.2 Å². The molecular weight excluding hydrogens is 472 g/mol. The summed E-state index contributed by atoms with van der Waals surface area (Å²) in [5, 5.41) is 14.0. The fourth-order valence-electron chi connectivity index (χ4n) is 3.51. The van der Waals surface area contributed by atoms with Crippen LogP contribution in [-0.2, 0) is 14.3 Å². The molecule has 3 N–H and O–H groups in total. The first-order chi connectivity index (χ1) is 17.3. The van der Waals surface area contributed by atoms with Gasteiger partial charge in [-0.3, -0.25) is 9.59 Å². The van der Waals surface area contributed by atoms with Crippen molar-refractivity contribution >= 4 is 23.4 Å². The molecule has 184 valence electrons. The van der Waals surface area contributed by atoms with Crippen LogP contribution in [0.5, 0.6) is 0 Å². The second-order valence-corrected chi connectivity index (χ2v) is 7.90. The Labute approximate surface area is 204 Å². The number of hydrogen-bond donors (Lipinski definition) is 2. The Hall–Kier alpha value is -4.74. The maximum Gasteiger partial charge on any atom is 0.308 e. The number of ether oxygens (including phenoxy) is 1. The average molecular weight is 493 g/mol. The molecule has 0 spiro atoms. The van der Waals surface area contributed by atoms with Gasteiger partial charge in [0.1, 0.15) is 11.5 Å². The van der Waals surface area contributed by atoms with Crippen molar-refractivity contribution in [3.8, 4) is 28.2 Å². The zero-order valence-corrected chi connectivity index (χ0v) is 19.3. The van der Waals surface area contributed by atoms with Crippen molar-refractivity contribution in [2.75, 3.05) is 18.2 Å². The molecule has 12 heteroatoms. The number of carbonyl (C=O) groups excluding carboxylic acids is 2. The Bertz CT molecular complexity index is 1420. The second kappa shape index (κ2) is 10.3. The highest BCUT2D eigenvalue weighted by molar-refractivity contribution is 5.93. The van der Waals surface area contributed by atoms with Crippen LogP contribution in [0.1, 0.15) is 13.3 Å². The van der Waals surface area contributed by atoms with Crippen LogP contribution in [0.4, 0.5) is 20.3 Å². The first-order valence-corrected chi connectivity index (χ1v) is 10.7. The van der Waals surface area contributed by atoms with Gasteiger partial charge in [-0.2, -0.15) is 4.68 Å². The molecule has 0 fully saturated rings. The maximum absolute atomic E-state index is 14.4. The van der Waals surface area contributed by atoms with E-state index in [0.717, 1.165) is 16.3 Å². The van der Waals surface area contributed by atoms with Crippen LogP contribution in [0, 0.1) is 17.6 Å². The molecule has 0 aliphatic carbocycles. The topological polar surface area (TPSA) is 138 Å². The first kappa shape index (κ1) is 24.4. The molecule has 1 amide bonds. The SMILES string of the molecule is COC(=O)C(C)CC(=O)Nc1ccc(-c2cnc(N)c(-c3nnnn3-c3cccc(F)c3F)c2)cc1. The normalized spacial score (nSPS) is 11.7. The Morgan fingerprint density at radius 1 is 1.14 bits per heavy atom. The first-order valence-electron chi connectivity index (χ1n) is 10.7. The number of halogens is 2. The van der Waals surface area contributed by atoms with Crippen molar-refractivity contribution in [1.29, 1.82) is 0 Å². The number of methoxy groups -OCH3 is 1. The molecule has 0 aliphatic heterocycles. The van der Waals surface area contributed by atoms with Crippen LogP contribution < -0.4 is 11.1 Å². The van der Waals surface area contributed by atoms with Crippen molar-refractivity contribution in [3.63, 3.8) is 0 Å². The summed E-state index contributed by atoms with van der Waals surface area (Å²) >= 11 is 0. The summed E-state index contributed by atoms with van der Waals surface area (Å²) in [6, 6.07) is 12.2. The van der Waals surface area contributed by atoms with Crippen molar-refractivity contribution < 1.29 is 23.1 Å². The number of pyridine rings is 1. The number of amides is 1. The standard InChI is InChI=1S/C24H21F2N7O3/c1-13(24(35)36-2)10-20(34)29-16-8-6-14(7-9-16)15-11-17(22(27)28-12-15)23-30-31-32-33(23)19-5-3-4-18(25)21(19)26/h3-9,11-13H,10H2,1-2H3,(H2,27,28)(H,29,34). The third-order valence-electron chi connectivity index (χ3n) is 5.39. The van der Waals surface area contributed by atoms with Gasteiger partial charge in [-0.05, 0) is 46.3 Å². The number of nitrogen functional groups attached to an aromatic ring is 1. The highest BCUT2D eigenvalue weighted by atomic mass is 19.2. The van der Waals surface area contributed by atoms with Gasteiger partial charge in [0.2, 0.25) is 5.91 Å². The number of nitrogens with two attached hydrogens (primary N) is 1. The molecule has 0 saturated heterocycles. The predicted molar refractivity (Wildman–Crippen MR) is 127 cm³/mol. The lowest BCUT2D eigenvalue weighted by Crippen LogP contribution is -2.21. The van der Waals surface area contributed by atoms with E-state index in [0.29, 0.717) is 16.8 Å². The molecule has 0 radical (unpaired) electrons. The van der Waals surface area contributed by atoms with Crippen molar-refractivity contribution in [3.05, 3.63) is 66.4 Å². The van der Waals surface area contributed by atoms with E-state index in [1.54, 1.807) is 43.5 Å². The van der Waals surface area contributed by atoms with Gasteiger partial charge in [-0.1, -0.05) is 25.1 Å². The van der Waals surface area contributed by atoms with E-state index >= 15 is 0 Å². The molecule has 0 bridgehead atoms. The van der Waals surface area contributed by atoms with Gasteiger partial charge in [0.05, 0.1) is 18.6 Å². The molecule has 0 aliphatic rings. The Balaban J connectivity index is 1.58. The minimum absolute atomic E-state index is 0.0136. The third kappa shape index (κ3) is 5.02. The highest BCUT2D eigenvalue weighted by Gasteiger charge is 2.20. The second-order valence-electron chi connectivity index (χ2n) is 7.90. The van der Waals surface area contributed by atoms with E-state index < -0.39 is 23.5 Å². The van der Waals surface area contributed by atoms with Crippen LogP contribution in [0.2, 0.25) is 0 Å². The number of carbonyl (C=O) groups is 2. The monoisotopic (exact) mass is 493 g/mol. The lowest BCUT2D eigenvalue weighted by Gasteiger charge is -2.11.